The molecule has 0 amide bonds. The summed E-state index contributed by atoms with van der Waals surface area (Å²) in [6.45, 7) is 8.83. The molecule has 2 heterocycles. The van der Waals surface area contributed by atoms with Crippen LogP contribution in [0, 0.1) is 13.8 Å². The van der Waals surface area contributed by atoms with Crippen molar-refractivity contribution in [2.75, 3.05) is 44.2 Å². The Balaban J connectivity index is 1.41. The first-order valence-corrected chi connectivity index (χ1v) is 8.88. The molecule has 0 bridgehead atoms. The molecule has 0 saturated carbocycles. The number of β-amino-alcohol motifs (C(OH)–C–C–N with tert-alkyl or cyclic N) is 1. The first-order valence-electron chi connectivity index (χ1n) is 8.88. The average molecular weight is 341 g/mol. The molecule has 0 unspecified atom stereocenters. The SMILES string of the molecule is Cc1ccc(OC[C@@H](O)CN2CCN(c3ccccn3)CC2)cc1C. The molecule has 5 heteroatoms. The summed E-state index contributed by atoms with van der Waals surface area (Å²) in [5, 5.41) is 10.3. The molecule has 1 aliphatic rings. The predicted octanol–water partition coefficient (Wildman–Crippen LogP) is 2.26. The van der Waals surface area contributed by atoms with Gasteiger partial charge in [0, 0.05) is 38.9 Å². The molecule has 0 spiro atoms. The van der Waals surface area contributed by atoms with Crippen LogP contribution >= 0.6 is 0 Å². The van der Waals surface area contributed by atoms with Gasteiger partial charge in [0.05, 0.1) is 0 Å². The number of ether oxygens (including phenoxy) is 1. The summed E-state index contributed by atoms with van der Waals surface area (Å²) in [4.78, 5) is 8.97. The smallest absolute Gasteiger partial charge is 0.128 e. The second-order valence-corrected chi connectivity index (χ2v) is 6.69. The molecular formula is C20H27N3O2. The zero-order chi connectivity index (χ0) is 17.6. The number of rotatable bonds is 6. The maximum absolute atomic E-state index is 10.3. The van der Waals surface area contributed by atoms with Crippen molar-refractivity contribution in [2.24, 2.45) is 0 Å². The molecule has 1 fully saturated rings. The fourth-order valence-corrected chi connectivity index (χ4v) is 3.05. The molecule has 134 valence electrons. The van der Waals surface area contributed by atoms with Crippen LogP contribution in [0.1, 0.15) is 11.1 Å². The van der Waals surface area contributed by atoms with Crippen LogP contribution in [-0.2, 0) is 0 Å². The Hall–Kier alpha value is -2.11. The van der Waals surface area contributed by atoms with Crippen molar-refractivity contribution >= 4 is 5.82 Å². The van der Waals surface area contributed by atoms with E-state index in [-0.39, 0.29) is 0 Å². The molecule has 3 rings (SSSR count). The molecule has 1 aromatic carbocycles. The molecule has 0 aliphatic carbocycles. The number of aromatic nitrogens is 1. The first kappa shape index (κ1) is 17.7. The summed E-state index contributed by atoms with van der Waals surface area (Å²) in [5.41, 5.74) is 2.45. The van der Waals surface area contributed by atoms with Crippen molar-refractivity contribution in [1.29, 1.82) is 0 Å². The van der Waals surface area contributed by atoms with Crippen LogP contribution in [0.25, 0.3) is 0 Å². The Kier molecular flexibility index (Phi) is 5.89. The summed E-state index contributed by atoms with van der Waals surface area (Å²) in [6, 6.07) is 12.0. The maximum atomic E-state index is 10.3. The van der Waals surface area contributed by atoms with Crippen LogP contribution in [0.2, 0.25) is 0 Å². The monoisotopic (exact) mass is 341 g/mol. The van der Waals surface area contributed by atoms with Crippen LogP contribution in [0.3, 0.4) is 0 Å². The van der Waals surface area contributed by atoms with E-state index in [1.807, 2.05) is 42.6 Å². The maximum Gasteiger partial charge on any atom is 0.128 e. The van der Waals surface area contributed by atoms with Crippen molar-refractivity contribution in [3.63, 3.8) is 0 Å². The van der Waals surface area contributed by atoms with Crippen molar-refractivity contribution in [3.8, 4) is 5.75 Å². The average Bonchev–Trinajstić information content (AvgIpc) is 2.64. The lowest BCUT2D eigenvalue weighted by atomic mass is 10.1. The lowest BCUT2D eigenvalue weighted by Gasteiger charge is -2.36. The molecule has 1 saturated heterocycles. The highest BCUT2D eigenvalue weighted by atomic mass is 16.5. The van der Waals surface area contributed by atoms with E-state index in [1.165, 1.54) is 11.1 Å². The van der Waals surface area contributed by atoms with Gasteiger partial charge in [0.2, 0.25) is 0 Å². The highest BCUT2D eigenvalue weighted by molar-refractivity contribution is 5.38. The van der Waals surface area contributed by atoms with Gasteiger partial charge in [-0.05, 0) is 49.2 Å². The van der Waals surface area contributed by atoms with E-state index in [0.717, 1.165) is 37.7 Å². The number of piperazine rings is 1. The highest BCUT2D eigenvalue weighted by Crippen LogP contribution is 2.17. The number of aliphatic hydroxyl groups excluding tert-OH is 1. The second kappa shape index (κ2) is 8.32. The summed E-state index contributed by atoms with van der Waals surface area (Å²) in [7, 11) is 0. The standard InChI is InChI=1S/C20H27N3O2/c1-16-6-7-19(13-17(16)2)25-15-18(24)14-22-9-11-23(12-10-22)20-5-3-4-8-21-20/h3-8,13,18,24H,9-12,14-15H2,1-2H3/t18-/m0/s1. The quantitative estimate of drug-likeness (QED) is 0.873. The minimum Gasteiger partial charge on any atom is -0.491 e. The van der Waals surface area contributed by atoms with Gasteiger partial charge in [0.15, 0.2) is 0 Å². The molecule has 1 aliphatic heterocycles. The Labute approximate surface area is 149 Å². The van der Waals surface area contributed by atoms with Gasteiger partial charge in [0.25, 0.3) is 0 Å². The number of nitrogens with zero attached hydrogens (tertiary/aromatic N) is 3. The van der Waals surface area contributed by atoms with Crippen LogP contribution < -0.4 is 9.64 Å². The Morgan fingerprint density at radius 1 is 1.08 bits per heavy atom. The number of hydrogen-bond acceptors (Lipinski definition) is 5. The molecule has 2 aromatic rings. The minimum atomic E-state index is -0.483. The molecule has 1 aromatic heterocycles. The number of pyridine rings is 1. The number of benzene rings is 1. The Morgan fingerprint density at radius 2 is 1.88 bits per heavy atom. The summed E-state index contributed by atoms with van der Waals surface area (Å²) < 4.78 is 5.74. The summed E-state index contributed by atoms with van der Waals surface area (Å²) in [6.07, 6.45) is 1.35. The zero-order valence-corrected chi connectivity index (χ0v) is 15.1. The highest BCUT2D eigenvalue weighted by Gasteiger charge is 2.20. The van der Waals surface area contributed by atoms with E-state index < -0.39 is 6.10 Å². The topological polar surface area (TPSA) is 48.8 Å². The van der Waals surface area contributed by atoms with Gasteiger partial charge in [-0.1, -0.05) is 12.1 Å². The van der Waals surface area contributed by atoms with Crippen LogP contribution in [0.15, 0.2) is 42.6 Å². The van der Waals surface area contributed by atoms with E-state index in [9.17, 15) is 5.11 Å². The Morgan fingerprint density at radius 3 is 2.56 bits per heavy atom. The summed E-state index contributed by atoms with van der Waals surface area (Å²) in [5.74, 6) is 1.85. The van der Waals surface area contributed by atoms with Crippen LogP contribution in [0.4, 0.5) is 5.82 Å². The minimum absolute atomic E-state index is 0.322. The van der Waals surface area contributed by atoms with E-state index in [0.29, 0.717) is 13.2 Å². The number of aryl methyl sites for hydroxylation is 2. The van der Waals surface area contributed by atoms with Crippen LogP contribution in [0.5, 0.6) is 5.75 Å². The van der Waals surface area contributed by atoms with Crippen molar-refractivity contribution in [2.45, 2.75) is 20.0 Å². The zero-order valence-electron chi connectivity index (χ0n) is 15.1. The molecular weight excluding hydrogens is 314 g/mol. The fraction of sp³-hybridized carbons (Fsp3) is 0.450. The van der Waals surface area contributed by atoms with Gasteiger partial charge in [-0.2, -0.15) is 0 Å². The third-order valence-corrected chi connectivity index (χ3v) is 4.74. The van der Waals surface area contributed by atoms with Gasteiger partial charge >= 0.3 is 0 Å². The van der Waals surface area contributed by atoms with Gasteiger partial charge in [-0.15, -0.1) is 0 Å². The molecule has 1 atom stereocenters. The van der Waals surface area contributed by atoms with Gasteiger partial charge in [-0.25, -0.2) is 4.98 Å². The van der Waals surface area contributed by atoms with E-state index in [1.54, 1.807) is 0 Å². The van der Waals surface area contributed by atoms with Gasteiger partial charge in [0.1, 0.15) is 24.3 Å². The van der Waals surface area contributed by atoms with E-state index in [4.69, 9.17) is 4.74 Å². The normalized spacial score (nSPS) is 16.7. The third kappa shape index (κ3) is 4.94. The predicted molar refractivity (Wildman–Crippen MR) is 100 cm³/mol. The molecule has 25 heavy (non-hydrogen) atoms. The second-order valence-electron chi connectivity index (χ2n) is 6.69. The lowest BCUT2D eigenvalue weighted by Crippen LogP contribution is -2.49. The summed E-state index contributed by atoms with van der Waals surface area (Å²) >= 11 is 0. The van der Waals surface area contributed by atoms with Crippen molar-refractivity contribution in [1.82, 2.24) is 9.88 Å². The van der Waals surface area contributed by atoms with E-state index >= 15 is 0 Å². The van der Waals surface area contributed by atoms with E-state index in [2.05, 4.69) is 28.6 Å². The number of aliphatic hydroxyl groups is 1. The largest absolute Gasteiger partial charge is 0.491 e. The Bertz CT molecular complexity index is 670. The fourth-order valence-electron chi connectivity index (χ4n) is 3.05. The number of anilines is 1. The molecule has 0 radical (unpaired) electrons. The van der Waals surface area contributed by atoms with Crippen molar-refractivity contribution < 1.29 is 9.84 Å². The third-order valence-electron chi connectivity index (χ3n) is 4.74. The number of hydrogen-bond donors (Lipinski definition) is 1. The molecule has 1 N–H and O–H groups in total. The molecule has 5 nitrogen and oxygen atoms in total. The van der Waals surface area contributed by atoms with Gasteiger partial charge < -0.3 is 14.7 Å². The van der Waals surface area contributed by atoms with Gasteiger partial charge in [-0.3, -0.25) is 4.90 Å². The van der Waals surface area contributed by atoms with Crippen molar-refractivity contribution in [3.05, 3.63) is 53.7 Å². The lowest BCUT2D eigenvalue weighted by molar-refractivity contribution is 0.0662. The van der Waals surface area contributed by atoms with Crippen LogP contribution in [-0.4, -0.2) is 60.4 Å². The first-order chi connectivity index (χ1) is 12.1.